The molecule has 0 spiro atoms. The largest absolute Gasteiger partial charge is 0.480 e. The van der Waals surface area contributed by atoms with E-state index in [1.165, 1.54) is 12.1 Å². The summed E-state index contributed by atoms with van der Waals surface area (Å²) >= 11 is 0. The van der Waals surface area contributed by atoms with Crippen LogP contribution in [0.2, 0.25) is 0 Å². The minimum absolute atomic E-state index is 0.0217. The molecule has 1 saturated carbocycles. The summed E-state index contributed by atoms with van der Waals surface area (Å²) < 4.78 is 40.2. The van der Waals surface area contributed by atoms with E-state index in [0.29, 0.717) is 12.8 Å². The van der Waals surface area contributed by atoms with Crippen LogP contribution in [0.3, 0.4) is 0 Å². The number of likely N-dealkylation sites (tertiary alicyclic amines) is 1. The Hall–Kier alpha value is -2.91. The molecule has 1 aromatic carbocycles. The van der Waals surface area contributed by atoms with Crippen LogP contribution < -0.4 is 5.32 Å². The standard InChI is InChI=1S/C19H19F3N2O5/c20-19(21,22)13-7-10(1-4-12(13)11-2-3-11)9-24-6-5-14(25)16(18(24)29)17(28)23-8-15(26)27/h1,4,7,11,16H,2-3,5-6,8-9H2,(H,23,28)(H,26,27). The van der Waals surface area contributed by atoms with Gasteiger partial charge in [0, 0.05) is 19.5 Å². The monoisotopic (exact) mass is 412 g/mol. The van der Waals surface area contributed by atoms with Crippen LogP contribution in [0.25, 0.3) is 0 Å². The average molecular weight is 412 g/mol. The molecule has 2 fully saturated rings. The van der Waals surface area contributed by atoms with E-state index in [0.717, 1.165) is 11.0 Å². The molecule has 1 heterocycles. The average Bonchev–Trinajstić information content (AvgIpc) is 3.47. The number of rotatable bonds is 6. The van der Waals surface area contributed by atoms with Gasteiger partial charge in [-0.15, -0.1) is 0 Å². The number of piperidine rings is 1. The highest BCUT2D eigenvalue weighted by Gasteiger charge is 2.41. The maximum absolute atomic E-state index is 13.4. The number of ketones is 1. The molecule has 2 amide bonds. The van der Waals surface area contributed by atoms with Crippen molar-refractivity contribution in [2.75, 3.05) is 13.1 Å². The van der Waals surface area contributed by atoms with E-state index in [1.54, 1.807) is 0 Å². The predicted octanol–water partition coefficient (Wildman–Crippen LogP) is 1.70. The first-order valence-corrected chi connectivity index (χ1v) is 9.09. The van der Waals surface area contributed by atoms with Crippen LogP contribution in [0, 0.1) is 5.92 Å². The molecule has 1 aliphatic carbocycles. The fourth-order valence-electron chi connectivity index (χ4n) is 3.42. The van der Waals surface area contributed by atoms with Crippen LogP contribution in [-0.4, -0.2) is 46.7 Å². The predicted molar refractivity (Wildman–Crippen MR) is 92.6 cm³/mol. The van der Waals surface area contributed by atoms with Crippen molar-refractivity contribution < 1.29 is 37.5 Å². The number of aliphatic carboxylic acids is 1. The van der Waals surface area contributed by atoms with Gasteiger partial charge < -0.3 is 15.3 Å². The molecule has 1 aliphatic heterocycles. The Morgan fingerprint density at radius 1 is 1.21 bits per heavy atom. The van der Waals surface area contributed by atoms with Gasteiger partial charge in [-0.2, -0.15) is 13.2 Å². The maximum Gasteiger partial charge on any atom is 0.416 e. The van der Waals surface area contributed by atoms with Gasteiger partial charge in [0.15, 0.2) is 11.7 Å². The number of benzene rings is 1. The summed E-state index contributed by atoms with van der Waals surface area (Å²) in [5.41, 5.74) is -0.241. The summed E-state index contributed by atoms with van der Waals surface area (Å²) in [6, 6.07) is 3.95. The molecule has 1 saturated heterocycles. The van der Waals surface area contributed by atoms with Crippen LogP contribution in [0.15, 0.2) is 18.2 Å². The molecular formula is C19H19F3N2O5. The van der Waals surface area contributed by atoms with Crippen LogP contribution >= 0.6 is 0 Å². The summed E-state index contributed by atoms with van der Waals surface area (Å²) in [6.45, 7) is -0.942. The topological polar surface area (TPSA) is 104 Å². The first kappa shape index (κ1) is 20.8. The zero-order chi connectivity index (χ0) is 21.3. The van der Waals surface area contributed by atoms with E-state index in [9.17, 15) is 32.3 Å². The second kappa shape index (κ2) is 7.84. The number of hydrogen-bond acceptors (Lipinski definition) is 4. The molecular weight excluding hydrogens is 393 g/mol. The Morgan fingerprint density at radius 3 is 2.48 bits per heavy atom. The Kier molecular flexibility index (Phi) is 5.63. The number of hydrogen-bond donors (Lipinski definition) is 2. The van der Waals surface area contributed by atoms with Gasteiger partial charge in [-0.05, 0) is 36.0 Å². The smallest absolute Gasteiger partial charge is 0.416 e. The third kappa shape index (κ3) is 4.75. The maximum atomic E-state index is 13.4. The van der Waals surface area contributed by atoms with E-state index in [1.807, 2.05) is 5.32 Å². The Morgan fingerprint density at radius 2 is 1.90 bits per heavy atom. The lowest BCUT2D eigenvalue weighted by Crippen LogP contribution is -2.52. The van der Waals surface area contributed by atoms with Gasteiger partial charge in [0.05, 0.1) is 5.56 Å². The fourth-order valence-corrected chi connectivity index (χ4v) is 3.42. The third-order valence-corrected chi connectivity index (χ3v) is 5.00. The lowest BCUT2D eigenvalue weighted by Gasteiger charge is -2.31. The number of alkyl halides is 3. The van der Waals surface area contributed by atoms with Gasteiger partial charge in [0.25, 0.3) is 0 Å². The number of carboxylic acids is 1. The van der Waals surface area contributed by atoms with Crippen molar-refractivity contribution in [2.45, 2.75) is 37.9 Å². The number of carbonyl (C=O) groups is 4. The van der Waals surface area contributed by atoms with E-state index in [-0.39, 0.29) is 36.6 Å². The number of nitrogens with zero attached hydrogens (tertiary/aromatic N) is 1. The molecule has 1 unspecified atom stereocenters. The highest BCUT2D eigenvalue weighted by Crippen LogP contribution is 2.46. The number of carboxylic acid groups (broad SMARTS) is 1. The lowest BCUT2D eigenvalue weighted by atomic mass is 9.93. The van der Waals surface area contributed by atoms with Crippen molar-refractivity contribution in [3.8, 4) is 0 Å². The first-order valence-electron chi connectivity index (χ1n) is 9.09. The molecule has 0 aromatic heterocycles. The van der Waals surface area contributed by atoms with Gasteiger partial charge in [0.2, 0.25) is 11.8 Å². The molecule has 1 atom stereocenters. The van der Waals surface area contributed by atoms with Gasteiger partial charge in [-0.1, -0.05) is 12.1 Å². The summed E-state index contributed by atoms with van der Waals surface area (Å²) in [5, 5.41) is 10.6. The summed E-state index contributed by atoms with van der Waals surface area (Å²) in [6.07, 6.45) is -3.23. The van der Waals surface area contributed by atoms with Crippen molar-refractivity contribution >= 4 is 23.6 Å². The van der Waals surface area contributed by atoms with Crippen molar-refractivity contribution in [1.82, 2.24) is 10.2 Å². The van der Waals surface area contributed by atoms with Crippen LogP contribution in [0.1, 0.15) is 41.9 Å². The number of Topliss-reactive ketones (excluding diaryl/α,β-unsaturated/α-hetero) is 1. The summed E-state index contributed by atoms with van der Waals surface area (Å²) in [7, 11) is 0. The normalized spacial score (nSPS) is 20.0. The molecule has 156 valence electrons. The summed E-state index contributed by atoms with van der Waals surface area (Å²) in [4.78, 5) is 48.3. The fraction of sp³-hybridized carbons (Fsp3) is 0.474. The molecule has 2 N–H and O–H groups in total. The van der Waals surface area contributed by atoms with E-state index < -0.39 is 47.8 Å². The van der Waals surface area contributed by atoms with E-state index >= 15 is 0 Å². The Labute approximate surface area is 163 Å². The molecule has 0 radical (unpaired) electrons. The highest BCUT2D eigenvalue weighted by atomic mass is 19.4. The zero-order valence-corrected chi connectivity index (χ0v) is 15.3. The first-order chi connectivity index (χ1) is 13.6. The number of carbonyl (C=O) groups excluding carboxylic acids is 3. The molecule has 2 aliphatic rings. The Bertz CT molecular complexity index is 864. The molecule has 10 heteroatoms. The molecule has 1 aromatic rings. The minimum atomic E-state index is -4.52. The van der Waals surface area contributed by atoms with Crippen molar-refractivity contribution in [3.63, 3.8) is 0 Å². The van der Waals surface area contributed by atoms with Crippen LogP contribution in [-0.2, 0) is 31.9 Å². The third-order valence-electron chi connectivity index (χ3n) is 5.00. The molecule has 7 nitrogen and oxygen atoms in total. The van der Waals surface area contributed by atoms with Crippen LogP contribution in [0.4, 0.5) is 13.2 Å². The van der Waals surface area contributed by atoms with Crippen molar-refractivity contribution in [1.29, 1.82) is 0 Å². The van der Waals surface area contributed by atoms with Gasteiger partial charge in [-0.3, -0.25) is 19.2 Å². The number of halogens is 3. The minimum Gasteiger partial charge on any atom is -0.480 e. The number of nitrogens with one attached hydrogen (secondary N) is 1. The van der Waals surface area contributed by atoms with Crippen LogP contribution in [0.5, 0.6) is 0 Å². The lowest BCUT2D eigenvalue weighted by molar-refractivity contribution is -0.152. The van der Waals surface area contributed by atoms with Gasteiger partial charge >= 0.3 is 12.1 Å². The molecule has 29 heavy (non-hydrogen) atoms. The highest BCUT2D eigenvalue weighted by molar-refractivity contribution is 6.19. The quantitative estimate of drug-likeness (QED) is 0.693. The van der Waals surface area contributed by atoms with E-state index in [2.05, 4.69) is 0 Å². The number of amides is 2. The molecule has 0 bridgehead atoms. The second-order valence-corrected chi connectivity index (χ2v) is 7.21. The Balaban J connectivity index is 1.77. The van der Waals surface area contributed by atoms with Crippen molar-refractivity contribution in [3.05, 3.63) is 34.9 Å². The zero-order valence-electron chi connectivity index (χ0n) is 15.3. The van der Waals surface area contributed by atoms with Gasteiger partial charge in [-0.25, -0.2) is 0 Å². The van der Waals surface area contributed by atoms with E-state index in [4.69, 9.17) is 5.11 Å². The van der Waals surface area contributed by atoms with Gasteiger partial charge in [0.1, 0.15) is 6.54 Å². The summed E-state index contributed by atoms with van der Waals surface area (Å²) in [5.74, 6) is -5.63. The molecule has 3 rings (SSSR count). The second-order valence-electron chi connectivity index (χ2n) is 7.21. The SMILES string of the molecule is O=C(O)CNC(=O)C1C(=O)CCN(Cc2ccc(C3CC3)c(C(F)(F)F)c2)C1=O. The van der Waals surface area contributed by atoms with Crippen molar-refractivity contribution in [2.24, 2.45) is 5.92 Å².